The molecule has 0 aliphatic heterocycles. The van der Waals surface area contributed by atoms with E-state index in [2.05, 4.69) is 23.1 Å². The first kappa shape index (κ1) is 15.6. The van der Waals surface area contributed by atoms with Crippen molar-refractivity contribution in [3.8, 4) is 5.75 Å². The van der Waals surface area contributed by atoms with Crippen molar-refractivity contribution in [2.24, 2.45) is 5.92 Å². The van der Waals surface area contributed by atoms with Gasteiger partial charge in [0.1, 0.15) is 5.75 Å². The van der Waals surface area contributed by atoms with Crippen LogP contribution in [0.3, 0.4) is 0 Å². The highest BCUT2D eigenvalue weighted by molar-refractivity contribution is 7.80. The van der Waals surface area contributed by atoms with Crippen molar-refractivity contribution >= 4 is 23.2 Å². The zero-order valence-corrected chi connectivity index (χ0v) is 12.9. The first-order chi connectivity index (χ1) is 10.1. The van der Waals surface area contributed by atoms with E-state index in [9.17, 15) is 9.90 Å². The average Bonchev–Trinajstić information content (AvgIpc) is 2.48. The molecule has 4 N–H and O–H groups in total. The van der Waals surface area contributed by atoms with Crippen LogP contribution in [0, 0.1) is 5.92 Å². The molecule has 0 unspecified atom stereocenters. The number of rotatable bonds is 2. The number of phenolic OH excluding ortho intramolecular Hbond substituents is 1. The lowest BCUT2D eigenvalue weighted by Gasteiger charge is -2.30. The molecule has 2 atom stereocenters. The maximum Gasteiger partial charge on any atom is 0.273 e. The first-order valence-electron chi connectivity index (χ1n) is 7.23. The Morgan fingerprint density at radius 3 is 2.67 bits per heavy atom. The van der Waals surface area contributed by atoms with Gasteiger partial charge in [-0.1, -0.05) is 31.9 Å². The van der Waals surface area contributed by atoms with Gasteiger partial charge in [-0.15, -0.1) is 0 Å². The molecule has 6 heteroatoms. The van der Waals surface area contributed by atoms with E-state index in [-0.39, 0.29) is 11.3 Å². The molecule has 5 nitrogen and oxygen atoms in total. The third kappa shape index (κ3) is 4.32. The van der Waals surface area contributed by atoms with Crippen molar-refractivity contribution in [2.75, 3.05) is 0 Å². The Kier molecular flexibility index (Phi) is 5.38. The van der Waals surface area contributed by atoms with Crippen LogP contribution in [0.2, 0.25) is 0 Å². The van der Waals surface area contributed by atoms with Gasteiger partial charge < -0.3 is 10.4 Å². The van der Waals surface area contributed by atoms with Gasteiger partial charge in [0.25, 0.3) is 5.91 Å². The Balaban J connectivity index is 1.81. The topological polar surface area (TPSA) is 73.4 Å². The van der Waals surface area contributed by atoms with Crippen molar-refractivity contribution in [3.63, 3.8) is 0 Å². The van der Waals surface area contributed by atoms with E-state index in [4.69, 9.17) is 12.2 Å². The molecular formula is C15H21N3O2S. The van der Waals surface area contributed by atoms with Crippen LogP contribution in [0.15, 0.2) is 24.3 Å². The predicted octanol–water partition coefficient (Wildman–Crippen LogP) is 2.08. The van der Waals surface area contributed by atoms with Gasteiger partial charge in [0, 0.05) is 6.04 Å². The molecule has 0 aromatic heterocycles. The molecule has 1 aliphatic rings. The van der Waals surface area contributed by atoms with Gasteiger partial charge in [-0.3, -0.25) is 15.6 Å². The molecular weight excluding hydrogens is 286 g/mol. The van der Waals surface area contributed by atoms with Crippen molar-refractivity contribution < 1.29 is 9.90 Å². The number of phenols is 1. The Bertz CT molecular complexity index is 521. The van der Waals surface area contributed by atoms with Crippen LogP contribution in [0.5, 0.6) is 5.75 Å². The van der Waals surface area contributed by atoms with Crippen LogP contribution in [0.25, 0.3) is 0 Å². The second kappa shape index (κ2) is 7.26. The highest BCUT2D eigenvalue weighted by Gasteiger charge is 2.21. The summed E-state index contributed by atoms with van der Waals surface area (Å²) < 4.78 is 0. The largest absolute Gasteiger partial charge is 0.507 e. The Morgan fingerprint density at radius 2 is 1.95 bits per heavy atom. The number of thiocarbonyl (C=S) groups is 1. The van der Waals surface area contributed by atoms with Gasteiger partial charge in [-0.2, -0.15) is 0 Å². The van der Waals surface area contributed by atoms with Crippen molar-refractivity contribution in [1.29, 1.82) is 0 Å². The van der Waals surface area contributed by atoms with Gasteiger partial charge in [-0.05, 0) is 43.1 Å². The number of hydrogen-bond donors (Lipinski definition) is 4. The van der Waals surface area contributed by atoms with Crippen molar-refractivity contribution in [3.05, 3.63) is 29.8 Å². The Morgan fingerprint density at radius 1 is 1.24 bits per heavy atom. The van der Waals surface area contributed by atoms with E-state index in [0.717, 1.165) is 6.42 Å². The summed E-state index contributed by atoms with van der Waals surface area (Å²) in [6.07, 6.45) is 4.76. The number of hydrogen-bond acceptors (Lipinski definition) is 3. The summed E-state index contributed by atoms with van der Waals surface area (Å²) in [7, 11) is 0. The van der Waals surface area contributed by atoms with Crippen molar-refractivity contribution in [1.82, 2.24) is 16.2 Å². The summed E-state index contributed by atoms with van der Waals surface area (Å²) in [4.78, 5) is 11.9. The smallest absolute Gasteiger partial charge is 0.273 e. The number of amides is 1. The molecule has 1 saturated carbocycles. The fourth-order valence-electron chi connectivity index (χ4n) is 2.58. The molecule has 1 aromatic rings. The van der Waals surface area contributed by atoms with Crippen molar-refractivity contribution in [2.45, 2.75) is 38.6 Å². The van der Waals surface area contributed by atoms with Gasteiger partial charge in [-0.25, -0.2) is 0 Å². The number of nitrogens with one attached hydrogen (secondary N) is 3. The maximum absolute atomic E-state index is 11.9. The quantitative estimate of drug-likeness (QED) is 0.497. The monoisotopic (exact) mass is 307 g/mol. The van der Waals surface area contributed by atoms with E-state index < -0.39 is 5.91 Å². The Labute approximate surface area is 130 Å². The molecule has 1 aromatic carbocycles. The average molecular weight is 307 g/mol. The normalized spacial score (nSPS) is 21.4. The lowest BCUT2D eigenvalue weighted by Crippen LogP contribution is -2.51. The summed E-state index contributed by atoms with van der Waals surface area (Å²) in [5.74, 6) is 0.0953. The second-order valence-electron chi connectivity index (χ2n) is 5.44. The molecule has 2 rings (SSSR count). The van der Waals surface area contributed by atoms with Crippen LogP contribution >= 0.6 is 12.2 Å². The lowest BCUT2D eigenvalue weighted by molar-refractivity contribution is 0.0940. The van der Waals surface area contributed by atoms with E-state index >= 15 is 0 Å². The molecule has 1 amide bonds. The lowest BCUT2D eigenvalue weighted by atomic mass is 9.86. The fraction of sp³-hybridized carbons (Fsp3) is 0.467. The SMILES string of the molecule is C[C@@H]1CCCC[C@H]1NC(=S)NNC(=O)c1ccccc1O. The number of carbonyl (C=O) groups excluding carboxylic acids is 1. The van der Waals surface area contributed by atoms with Crippen LogP contribution in [0.4, 0.5) is 0 Å². The molecule has 0 spiro atoms. The summed E-state index contributed by atoms with van der Waals surface area (Å²) >= 11 is 5.19. The summed E-state index contributed by atoms with van der Waals surface area (Å²) in [5.41, 5.74) is 5.38. The third-order valence-corrected chi connectivity index (χ3v) is 4.09. The van der Waals surface area contributed by atoms with Crippen LogP contribution in [-0.2, 0) is 0 Å². The zero-order chi connectivity index (χ0) is 15.2. The minimum absolute atomic E-state index is 0.0587. The molecule has 0 bridgehead atoms. The van der Waals surface area contributed by atoms with Gasteiger partial charge >= 0.3 is 0 Å². The molecule has 114 valence electrons. The van der Waals surface area contributed by atoms with Crippen LogP contribution < -0.4 is 16.2 Å². The standard InChI is InChI=1S/C15H21N3O2S/c1-10-6-2-4-8-12(10)16-15(21)18-17-14(20)11-7-3-5-9-13(11)19/h3,5,7,9-10,12,19H,2,4,6,8H2,1H3,(H,17,20)(H2,16,18,21)/t10-,12-/m1/s1. The minimum Gasteiger partial charge on any atom is -0.507 e. The number of hydrazine groups is 1. The molecule has 21 heavy (non-hydrogen) atoms. The van der Waals surface area contributed by atoms with Crippen LogP contribution in [-0.4, -0.2) is 22.2 Å². The number of benzene rings is 1. The highest BCUT2D eigenvalue weighted by Crippen LogP contribution is 2.23. The number of para-hydroxylation sites is 1. The van der Waals surface area contributed by atoms with E-state index in [1.165, 1.54) is 25.3 Å². The van der Waals surface area contributed by atoms with E-state index in [1.54, 1.807) is 18.2 Å². The number of aromatic hydroxyl groups is 1. The second-order valence-corrected chi connectivity index (χ2v) is 5.85. The Hall–Kier alpha value is -1.82. The van der Waals surface area contributed by atoms with Gasteiger partial charge in [0.15, 0.2) is 5.11 Å². The van der Waals surface area contributed by atoms with E-state index in [0.29, 0.717) is 17.1 Å². The fourth-order valence-corrected chi connectivity index (χ4v) is 2.78. The summed E-state index contributed by atoms with van der Waals surface area (Å²) in [6.45, 7) is 2.21. The van der Waals surface area contributed by atoms with Gasteiger partial charge in [0.2, 0.25) is 0 Å². The van der Waals surface area contributed by atoms with Crippen LogP contribution in [0.1, 0.15) is 43.0 Å². The zero-order valence-electron chi connectivity index (χ0n) is 12.1. The molecule has 0 saturated heterocycles. The maximum atomic E-state index is 11.9. The molecule has 1 fully saturated rings. The van der Waals surface area contributed by atoms with E-state index in [1.807, 2.05) is 0 Å². The number of carbonyl (C=O) groups is 1. The minimum atomic E-state index is -0.422. The molecule has 1 aliphatic carbocycles. The molecule has 0 heterocycles. The summed E-state index contributed by atoms with van der Waals surface area (Å²) in [5, 5.41) is 13.2. The summed E-state index contributed by atoms with van der Waals surface area (Å²) in [6, 6.07) is 6.72. The first-order valence-corrected chi connectivity index (χ1v) is 7.63. The third-order valence-electron chi connectivity index (χ3n) is 3.87. The highest BCUT2D eigenvalue weighted by atomic mass is 32.1. The van der Waals surface area contributed by atoms with Gasteiger partial charge in [0.05, 0.1) is 5.56 Å². The predicted molar refractivity (Wildman–Crippen MR) is 85.9 cm³/mol. The molecule has 0 radical (unpaired) electrons.